The standard InChI is InChI=1S/C22H23N5O2/c1-12(2)27-21-18(11-23-27)17(22(28)25-20-14(4)26-29-15(20)5)10-19(24-21)16-9-7-6-8-13(16)3/h6-12H,1-5H3,(H,25,28). The quantitative estimate of drug-likeness (QED) is 0.539. The fourth-order valence-corrected chi connectivity index (χ4v) is 3.42. The Morgan fingerprint density at radius 2 is 1.93 bits per heavy atom. The Morgan fingerprint density at radius 1 is 1.17 bits per heavy atom. The lowest BCUT2D eigenvalue weighted by Gasteiger charge is -2.12. The molecule has 0 unspecified atom stereocenters. The summed E-state index contributed by atoms with van der Waals surface area (Å²) in [6.07, 6.45) is 1.70. The van der Waals surface area contributed by atoms with Crippen molar-refractivity contribution in [1.82, 2.24) is 19.9 Å². The molecule has 148 valence electrons. The molecule has 0 saturated heterocycles. The van der Waals surface area contributed by atoms with E-state index in [1.54, 1.807) is 20.0 Å². The molecule has 7 heteroatoms. The van der Waals surface area contributed by atoms with Crippen LogP contribution in [0.1, 0.15) is 47.3 Å². The zero-order valence-electron chi connectivity index (χ0n) is 17.1. The third kappa shape index (κ3) is 3.29. The number of anilines is 1. The van der Waals surface area contributed by atoms with Gasteiger partial charge in [-0.15, -0.1) is 0 Å². The number of benzene rings is 1. The van der Waals surface area contributed by atoms with Crippen molar-refractivity contribution in [3.05, 3.63) is 59.1 Å². The molecule has 3 heterocycles. The number of carbonyl (C=O) groups is 1. The van der Waals surface area contributed by atoms with Crippen LogP contribution >= 0.6 is 0 Å². The topological polar surface area (TPSA) is 85.8 Å². The highest BCUT2D eigenvalue weighted by molar-refractivity contribution is 6.13. The maximum Gasteiger partial charge on any atom is 0.256 e. The molecule has 0 aliphatic carbocycles. The molecule has 1 N–H and O–H groups in total. The molecule has 0 radical (unpaired) electrons. The number of amides is 1. The highest BCUT2D eigenvalue weighted by Crippen LogP contribution is 2.29. The molecule has 7 nitrogen and oxygen atoms in total. The molecule has 1 amide bonds. The van der Waals surface area contributed by atoms with Gasteiger partial charge in [-0.05, 0) is 46.2 Å². The number of rotatable bonds is 4. The molecule has 0 bridgehead atoms. The van der Waals surface area contributed by atoms with Gasteiger partial charge in [0.05, 0.1) is 22.8 Å². The first-order valence-corrected chi connectivity index (χ1v) is 9.55. The number of aryl methyl sites for hydroxylation is 3. The molecule has 29 heavy (non-hydrogen) atoms. The number of hydrogen-bond donors (Lipinski definition) is 1. The van der Waals surface area contributed by atoms with E-state index in [1.165, 1.54) is 0 Å². The van der Waals surface area contributed by atoms with Gasteiger partial charge >= 0.3 is 0 Å². The third-order valence-corrected chi connectivity index (χ3v) is 4.99. The summed E-state index contributed by atoms with van der Waals surface area (Å²) in [7, 11) is 0. The Kier molecular flexibility index (Phi) is 4.66. The maximum absolute atomic E-state index is 13.2. The molecule has 4 aromatic rings. The minimum absolute atomic E-state index is 0.116. The van der Waals surface area contributed by atoms with Crippen LogP contribution in [0.4, 0.5) is 5.69 Å². The molecule has 4 rings (SSSR count). The van der Waals surface area contributed by atoms with Crippen molar-refractivity contribution < 1.29 is 9.32 Å². The van der Waals surface area contributed by atoms with E-state index in [9.17, 15) is 4.79 Å². The zero-order valence-corrected chi connectivity index (χ0v) is 17.1. The largest absolute Gasteiger partial charge is 0.359 e. The number of carbonyl (C=O) groups excluding carboxylic acids is 1. The van der Waals surface area contributed by atoms with E-state index >= 15 is 0 Å². The second kappa shape index (κ2) is 7.16. The van der Waals surface area contributed by atoms with Gasteiger partial charge in [-0.1, -0.05) is 29.4 Å². The fourth-order valence-electron chi connectivity index (χ4n) is 3.42. The van der Waals surface area contributed by atoms with Gasteiger partial charge in [-0.3, -0.25) is 4.79 Å². The van der Waals surface area contributed by atoms with E-state index in [0.29, 0.717) is 33.7 Å². The average Bonchev–Trinajstić information content (AvgIpc) is 3.26. The molecule has 0 aliphatic heterocycles. The van der Waals surface area contributed by atoms with E-state index in [2.05, 4.69) is 15.6 Å². The van der Waals surface area contributed by atoms with Gasteiger partial charge in [-0.25, -0.2) is 9.67 Å². The zero-order chi connectivity index (χ0) is 20.7. The van der Waals surface area contributed by atoms with Gasteiger partial charge in [0.25, 0.3) is 5.91 Å². The molecular formula is C22H23N5O2. The van der Waals surface area contributed by atoms with Crippen LogP contribution in [0.3, 0.4) is 0 Å². The summed E-state index contributed by atoms with van der Waals surface area (Å²) < 4.78 is 7.01. The summed E-state index contributed by atoms with van der Waals surface area (Å²) >= 11 is 0. The fraction of sp³-hybridized carbons (Fsp3) is 0.273. The van der Waals surface area contributed by atoms with Crippen LogP contribution in [0.15, 0.2) is 41.1 Å². The Hall–Kier alpha value is -3.48. The lowest BCUT2D eigenvalue weighted by Crippen LogP contribution is -2.14. The monoisotopic (exact) mass is 389 g/mol. The molecule has 1 aromatic carbocycles. The minimum Gasteiger partial charge on any atom is -0.359 e. The summed E-state index contributed by atoms with van der Waals surface area (Å²) in [5, 5.41) is 12.0. The second-order valence-electron chi connectivity index (χ2n) is 7.44. The molecule has 0 saturated carbocycles. The molecule has 0 atom stereocenters. The van der Waals surface area contributed by atoms with Gasteiger partial charge < -0.3 is 9.84 Å². The summed E-state index contributed by atoms with van der Waals surface area (Å²) in [5.74, 6) is 0.322. The van der Waals surface area contributed by atoms with Crippen LogP contribution in [0, 0.1) is 20.8 Å². The summed E-state index contributed by atoms with van der Waals surface area (Å²) in [4.78, 5) is 18.1. The highest BCUT2D eigenvalue weighted by atomic mass is 16.5. The smallest absolute Gasteiger partial charge is 0.256 e. The normalized spacial score (nSPS) is 11.4. The van der Waals surface area contributed by atoms with Crippen molar-refractivity contribution >= 4 is 22.6 Å². The van der Waals surface area contributed by atoms with Gasteiger partial charge in [0, 0.05) is 11.6 Å². The van der Waals surface area contributed by atoms with Crippen LogP contribution in [-0.4, -0.2) is 25.8 Å². The third-order valence-electron chi connectivity index (χ3n) is 4.99. The van der Waals surface area contributed by atoms with E-state index < -0.39 is 0 Å². The van der Waals surface area contributed by atoms with Gasteiger partial charge in [0.15, 0.2) is 11.4 Å². The number of hydrogen-bond acceptors (Lipinski definition) is 5. The Morgan fingerprint density at radius 3 is 2.59 bits per heavy atom. The first-order chi connectivity index (χ1) is 13.9. The van der Waals surface area contributed by atoms with E-state index in [1.807, 2.05) is 55.8 Å². The van der Waals surface area contributed by atoms with Gasteiger partial charge in [0.2, 0.25) is 0 Å². The van der Waals surface area contributed by atoms with Crippen molar-refractivity contribution in [3.8, 4) is 11.3 Å². The first-order valence-electron chi connectivity index (χ1n) is 9.55. The molecule has 0 spiro atoms. The molecular weight excluding hydrogens is 366 g/mol. The average molecular weight is 389 g/mol. The Balaban J connectivity index is 1.90. The van der Waals surface area contributed by atoms with Crippen LogP contribution in [-0.2, 0) is 0 Å². The van der Waals surface area contributed by atoms with Crippen molar-refractivity contribution in [2.45, 2.75) is 40.7 Å². The van der Waals surface area contributed by atoms with E-state index in [0.717, 1.165) is 16.8 Å². The molecule has 0 fully saturated rings. The van der Waals surface area contributed by atoms with Gasteiger partial charge in [0.1, 0.15) is 11.4 Å². The maximum atomic E-state index is 13.2. The molecule has 3 aromatic heterocycles. The van der Waals surface area contributed by atoms with Crippen molar-refractivity contribution in [1.29, 1.82) is 0 Å². The molecule has 0 aliphatic rings. The van der Waals surface area contributed by atoms with Crippen LogP contribution in [0.25, 0.3) is 22.3 Å². The Labute approximate surface area is 168 Å². The predicted octanol–water partition coefficient (Wildman–Crippen LogP) is 4.84. The van der Waals surface area contributed by atoms with Crippen LogP contribution in [0.2, 0.25) is 0 Å². The second-order valence-corrected chi connectivity index (χ2v) is 7.44. The number of aromatic nitrogens is 4. The number of pyridine rings is 1. The van der Waals surface area contributed by atoms with E-state index in [-0.39, 0.29) is 11.9 Å². The van der Waals surface area contributed by atoms with Crippen LogP contribution < -0.4 is 5.32 Å². The van der Waals surface area contributed by atoms with E-state index in [4.69, 9.17) is 9.51 Å². The summed E-state index contributed by atoms with van der Waals surface area (Å²) in [5.41, 5.74) is 5.24. The highest BCUT2D eigenvalue weighted by Gasteiger charge is 2.21. The SMILES string of the molecule is Cc1ccccc1-c1cc(C(=O)Nc2c(C)noc2C)c2cnn(C(C)C)c2n1. The number of nitrogens with one attached hydrogen (secondary N) is 1. The lowest BCUT2D eigenvalue weighted by molar-refractivity contribution is 0.102. The van der Waals surface area contributed by atoms with Gasteiger partial charge in [-0.2, -0.15) is 5.10 Å². The Bertz CT molecular complexity index is 1200. The van der Waals surface area contributed by atoms with Crippen LogP contribution in [0.5, 0.6) is 0 Å². The minimum atomic E-state index is -0.245. The first kappa shape index (κ1) is 18.9. The lowest BCUT2D eigenvalue weighted by atomic mass is 10.0. The number of fused-ring (bicyclic) bond motifs is 1. The summed E-state index contributed by atoms with van der Waals surface area (Å²) in [6, 6.07) is 9.94. The number of nitrogens with zero attached hydrogens (tertiary/aromatic N) is 4. The summed E-state index contributed by atoms with van der Waals surface area (Å²) in [6.45, 7) is 9.68. The predicted molar refractivity (Wildman–Crippen MR) is 112 cm³/mol. The van der Waals surface area contributed by atoms with Crippen molar-refractivity contribution in [2.75, 3.05) is 5.32 Å². The van der Waals surface area contributed by atoms with Crippen molar-refractivity contribution in [3.63, 3.8) is 0 Å². The van der Waals surface area contributed by atoms with Crippen molar-refractivity contribution in [2.24, 2.45) is 0 Å².